The van der Waals surface area contributed by atoms with Gasteiger partial charge in [-0.15, -0.1) is 0 Å². The molecular weight excluding hydrogens is 575 g/mol. The largest absolute Gasteiger partial charge is 0.488 e. The quantitative estimate of drug-likeness (QED) is 0.350. The van der Waals surface area contributed by atoms with E-state index in [1.54, 1.807) is 47.4 Å². The minimum absolute atomic E-state index is 0.189. The van der Waals surface area contributed by atoms with Gasteiger partial charge in [-0.1, -0.05) is 42.3 Å². The summed E-state index contributed by atoms with van der Waals surface area (Å²) >= 11 is 16.5. The normalized spacial score (nSPS) is 18.0. The molecule has 184 valence electrons. The number of piperidine rings is 1. The van der Waals surface area contributed by atoms with Gasteiger partial charge < -0.3 is 9.64 Å². The maximum Gasteiger partial charge on any atom is 0.294 e. The van der Waals surface area contributed by atoms with Crippen molar-refractivity contribution in [3.63, 3.8) is 0 Å². The first kappa shape index (κ1) is 26.1. The molecule has 2 saturated heterocycles. The van der Waals surface area contributed by atoms with Crippen LogP contribution in [0.3, 0.4) is 0 Å². The molecule has 2 fully saturated rings. The summed E-state index contributed by atoms with van der Waals surface area (Å²) in [6, 6.07) is 10.6. The molecule has 2 heterocycles. The summed E-state index contributed by atoms with van der Waals surface area (Å²) in [5.74, 6) is 0.548. The summed E-state index contributed by atoms with van der Waals surface area (Å²) in [5, 5.41) is 0.646. The van der Waals surface area contributed by atoms with Gasteiger partial charge in [-0.25, -0.2) is 0 Å². The summed E-state index contributed by atoms with van der Waals surface area (Å²) in [4.78, 5) is 41.0. The van der Waals surface area contributed by atoms with Crippen LogP contribution in [0.1, 0.15) is 30.9 Å². The number of hydrogen-bond donors (Lipinski definition) is 0. The molecule has 2 aromatic carbocycles. The van der Waals surface area contributed by atoms with E-state index in [4.69, 9.17) is 27.9 Å². The van der Waals surface area contributed by atoms with E-state index in [1.807, 2.05) is 0 Å². The number of hydrogen-bond acceptors (Lipinski definition) is 5. The second kappa shape index (κ2) is 11.4. The van der Waals surface area contributed by atoms with Crippen molar-refractivity contribution >= 4 is 74.0 Å². The molecule has 0 atom stereocenters. The standard InChI is InChI=1S/C25H23BrCl2N2O4S/c1-15-6-8-29(9-7-15)23(31)13-30-24(32)22(35-25(30)33)11-16-2-5-21(19(26)10-16)34-14-17-3-4-18(27)12-20(17)28/h2-5,10-12,15H,6-9,13-14H2,1H3/b22-11+. The van der Waals surface area contributed by atoms with Gasteiger partial charge in [0.2, 0.25) is 5.91 Å². The number of halogens is 3. The first-order valence-corrected chi connectivity index (χ1v) is 13.5. The van der Waals surface area contributed by atoms with Crippen molar-refractivity contribution in [3.05, 3.63) is 66.9 Å². The van der Waals surface area contributed by atoms with E-state index in [2.05, 4.69) is 22.9 Å². The molecule has 6 nitrogen and oxygen atoms in total. The molecule has 0 bridgehead atoms. The first-order chi connectivity index (χ1) is 16.7. The number of likely N-dealkylation sites (tertiary alicyclic amines) is 1. The molecule has 3 amide bonds. The van der Waals surface area contributed by atoms with E-state index in [0.29, 0.717) is 39.3 Å². The SMILES string of the molecule is CC1CCN(C(=O)CN2C(=O)S/C(=C/c3ccc(OCc4ccc(Cl)cc4Cl)c(Br)c3)C2=O)CC1. The average molecular weight is 598 g/mol. The molecule has 35 heavy (non-hydrogen) atoms. The van der Waals surface area contributed by atoms with Crippen LogP contribution < -0.4 is 4.74 Å². The molecule has 4 rings (SSSR count). The number of carbonyl (C=O) groups excluding carboxylic acids is 3. The smallest absolute Gasteiger partial charge is 0.294 e. The molecule has 0 aromatic heterocycles. The molecule has 10 heteroatoms. The fourth-order valence-corrected chi connectivity index (χ4v) is 5.61. The molecule has 0 N–H and O–H groups in total. The number of amides is 3. The van der Waals surface area contributed by atoms with Gasteiger partial charge in [0, 0.05) is 28.7 Å². The van der Waals surface area contributed by atoms with Crippen LogP contribution in [0.5, 0.6) is 5.75 Å². The van der Waals surface area contributed by atoms with Crippen LogP contribution >= 0.6 is 50.9 Å². The lowest BCUT2D eigenvalue weighted by Gasteiger charge is -2.31. The van der Waals surface area contributed by atoms with Gasteiger partial charge in [0.05, 0.1) is 9.38 Å². The monoisotopic (exact) mass is 596 g/mol. The van der Waals surface area contributed by atoms with Crippen molar-refractivity contribution in [2.75, 3.05) is 19.6 Å². The minimum atomic E-state index is -0.451. The van der Waals surface area contributed by atoms with E-state index in [0.717, 1.165) is 40.6 Å². The van der Waals surface area contributed by atoms with Crippen molar-refractivity contribution in [2.24, 2.45) is 5.92 Å². The topological polar surface area (TPSA) is 66.9 Å². The summed E-state index contributed by atoms with van der Waals surface area (Å²) in [6.07, 6.45) is 3.52. The number of imide groups is 1. The highest BCUT2D eigenvalue weighted by Gasteiger charge is 2.37. The van der Waals surface area contributed by atoms with Crippen LogP contribution in [0.2, 0.25) is 10.0 Å². The van der Waals surface area contributed by atoms with Crippen molar-refractivity contribution < 1.29 is 19.1 Å². The number of nitrogens with zero attached hydrogens (tertiary/aromatic N) is 2. The van der Waals surface area contributed by atoms with E-state index < -0.39 is 11.1 Å². The Hall–Kier alpha value is -2.00. The third-order valence-corrected chi connectivity index (χ3v) is 8.07. The molecular formula is C25H23BrCl2N2O4S. The highest BCUT2D eigenvalue weighted by Crippen LogP contribution is 2.34. The fraction of sp³-hybridized carbons (Fsp3) is 0.320. The molecule has 0 saturated carbocycles. The highest BCUT2D eigenvalue weighted by atomic mass is 79.9. The second-order valence-corrected chi connectivity index (χ2v) is 11.2. The lowest BCUT2D eigenvalue weighted by atomic mass is 9.99. The van der Waals surface area contributed by atoms with E-state index in [9.17, 15) is 14.4 Å². The maximum atomic E-state index is 12.8. The summed E-state index contributed by atoms with van der Waals surface area (Å²) in [7, 11) is 0. The van der Waals surface area contributed by atoms with E-state index in [1.165, 1.54) is 0 Å². The Morgan fingerprint density at radius 1 is 1.17 bits per heavy atom. The van der Waals surface area contributed by atoms with Crippen molar-refractivity contribution in [1.82, 2.24) is 9.80 Å². The zero-order valence-corrected chi connectivity index (χ0v) is 22.8. The van der Waals surface area contributed by atoms with Crippen LogP contribution in [0.15, 0.2) is 45.8 Å². The number of ether oxygens (including phenoxy) is 1. The zero-order chi connectivity index (χ0) is 25.1. The van der Waals surface area contributed by atoms with Crippen molar-refractivity contribution in [1.29, 1.82) is 0 Å². The Morgan fingerprint density at radius 3 is 2.60 bits per heavy atom. The Balaban J connectivity index is 1.40. The van der Waals surface area contributed by atoms with Crippen LogP contribution in [-0.4, -0.2) is 46.5 Å². The highest BCUT2D eigenvalue weighted by molar-refractivity contribution is 9.10. The molecule has 2 aliphatic rings. The van der Waals surface area contributed by atoms with Crippen LogP contribution in [0, 0.1) is 5.92 Å². The van der Waals surface area contributed by atoms with Crippen LogP contribution in [-0.2, 0) is 16.2 Å². The van der Waals surface area contributed by atoms with Gasteiger partial charge >= 0.3 is 0 Å². The molecule has 0 unspecified atom stereocenters. The number of benzene rings is 2. The van der Waals surface area contributed by atoms with Gasteiger partial charge in [-0.3, -0.25) is 19.3 Å². The predicted octanol–water partition coefficient (Wildman–Crippen LogP) is 6.63. The number of carbonyl (C=O) groups is 3. The van der Waals surface area contributed by atoms with Crippen molar-refractivity contribution in [3.8, 4) is 5.75 Å². The third-order valence-electron chi connectivity index (χ3n) is 5.96. The molecule has 2 aliphatic heterocycles. The van der Waals surface area contributed by atoms with E-state index in [-0.39, 0.29) is 24.0 Å². The summed E-state index contributed by atoms with van der Waals surface area (Å²) in [6.45, 7) is 3.53. The maximum absolute atomic E-state index is 12.8. The molecule has 0 radical (unpaired) electrons. The zero-order valence-electron chi connectivity index (χ0n) is 18.9. The average Bonchev–Trinajstić information content (AvgIpc) is 3.07. The second-order valence-electron chi connectivity index (χ2n) is 8.55. The summed E-state index contributed by atoms with van der Waals surface area (Å²) < 4.78 is 6.55. The lowest BCUT2D eigenvalue weighted by molar-refractivity contribution is -0.136. The van der Waals surface area contributed by atoms with Crippen LogP contribution in [0.25, 0.3) is 6.08 Å². The lowest BCUT2D eigenvalue weighted by Crippen LogP contribution is -2.45. The van der Waals surface area contributed by atoms with Gasteiger partial charge in [-0.05, 0) is 82.4 Å². The Bertz CT molecular complexity index is 1200. The minimum Gasteiger partial charge on any atom is -0.488 e. The molecule has 2 aromatic rings. The number of rotatable bonds is 6. The van der Waals surface area contributed by atoms with Gasteiger partial charge in [0.1, 0.15) is 18.9 Å². The Labute approximate surface area is 226 Å². The van der Waals surface area contributed by atoms with Gasteiger partial charge in [0.15, 0.2) is 0 Å². The predicted molar refractivity (Wildman–Crippen MR) is 143 cm³/mol. The fourth-order valence-electron chi connectivity index (χ4n) is 3.80. The summed E-state index contributed by atoms with van der Waals surface area (Å²) in [5.41, 5.74) is 1.52. The number of thioether (sulfide) groups is 1. The Kier molecular flexibility index (Phi) is 8.47. The Morgan fingerprint density at radius 2 is 1.91 bits per heavy atom. The third kappa shape index (κ3) is 6.42. The van der Waals surface area contributed by atoms with Crippen molar-refractivity contribution in [2.45, 2.75) is 26.4 Å². The first-order valence-electron chi connectivity index (χ1n) is 11.1. The van der Waals surface area contributed by atoms with Gasteiger partial charge in [-0.2, -0.15) is 0 Å². The van der Waals surface area contributed by atoms with E-state index >= 15 is 0 Å². The molecule has 0 aliphatic carbocycles. The molecule has 0 spiro atoms. The van der Waals surface area contributed by atoms with Gasteiger partial charge in [0.25, 0.3) is 11.1 Å². The van der Waals surface area contributed by atoms with Crippen LogP contribution in [0.4, 0.5) is 4.79 Å².